The van der Waals surface area contributed by atoms with E-state index in [2.05, 4.69) is 9.73 Å². The van der Waals surface area contributed by atoms with Gasteiger partial charge in [-0.1, -0.05) is 0 Å². The fourth-order valence-electron chi connectivity index (χ4n) is 1.28. The summed E-state index contributed by atoms with van der Waals surface area (Å²) in [6, 6.07) is 1.79. The summed E-state index contributed by atoms with van der Waals surface area (Å²) in [5, 5.41) is 0. The second kappa shape index (κ2) is 5.46. The minimum absolute atomic E-state index is 0.327. The number of methoxy groups -OCH3 is 1. The van der Waals surface area contributed by atoms with E-state index in [0.29, 0.717) is 4.88 Å². The van der Waals surface area contributed by atoms with Gasteiger partial charge in [0.25, 0.3) is 0 Å². The van der Waals surface area contributed by atoms with Gasteiger partial charge in [0, 0.05) is 7.05 Å². The Morgan fingerprint density at radius 1 is 1.62 bits per heavy atom. The summed E-state index contributed by atoms with van der Waals surface area (Å²) in [5.74, 6) is -0.327. The molecule has 16 heavy (non-hydrogen) atoms. The highest BCUT2D eigenvalue weighted by Crippen LogP contribution is 2.23. The first-order valence-corrected chi connectivity index (χ1v) is 5.49. The lowest BCUT2D eigenvalue weighted by Gasteiger charge is -1.97. The molecule has 5 heteroatoms. The molecule has 0 unspecified atom stereocenters. The number of nitrogens with zero attached hydrogens (tertiary/aromatic N) is 1. The highest BCUT2D eigenvalue weighted by molar-refractivity contribution is 7.16. The molecule has 0 aliphatic heterocycles. The Morgan fingerprint density at radius 3 is 2.81 bits per heavy atom. The SMILES string of the molecule is CN=C(C=CN)c1sc(C(=O)OC)cc1C. The molecule has 0 saturated heterocycles. The molecule has 0 aliphatic rings. The van der Waals surface area contributed by atoms with Crippen molar-refractivity contribution in [3.05, 3.63) is 33.7 Å². The third-order valence-corrected chi connectivity index (χ3v) is 3.27. The molecular weight excluding hydrogens is 224 g/mol. The van der Waals surface area contributed by atoms with Crippen LogP contribution in [0.3, 0.4) is 0 Å². The first kappa shape index (κ1) is 12.4. The Hall–Kier alpha value is -1.62. The van der Waals surface area contributed by atoms with Gasteiger partial charge in [-0.3, -0.25) is 4.99 Å². The molecule has 4 nitrogen and oxygen atoms in total. The predicted molar refractivity (Wildman–Crippen MR) is 66.2 cm³/mol. The van der Waals surface area contributed by atoms with Gasteiger partial charge in [0.05, 0.1) is 17.7 Å². The fraction of sp³-hybridized carbons (Fsp3) is 0.273. The van der Waals surface area contributed by atoms with Gasteiger partial charge in [0.2, 0.25) is 0 Å². The second-order valence-electron chi connectivity index (χ2n) is 3.08. The van der Waals surface area contributed by atoms with Gasteiger partial charge in [0.15, 0.2) is 0 Å². The van der Waals surface area contributed by atoms with Crippen LogP contribution in [0.15, 0.2) is 23.3 Å². The van der Waals surface area contributed by atoms with Crippen LogP contribution in [-0.2, 0) is 4.74 Å². The topological polar surface area (TPSA) is 64.7 Å². The largest absolute Gasteiger partial charge is 0.465 e. The van der Waals surface area contributed by atoms with Gasteiger partial charge in [-0.25, -0.2) is 4.79 Å². The molecule has 86 valence electrons. The quantitative estimate of drug-likeness (QED) is 0.644. The average Bonchev–Trinajstić information content (AvgIpc) is 2.67. The van der Waals surface area contributed by atoms with Crippen molar-refractivity contribution in [3.63, 3.8) is 0 Å². The van der Waals surface area contributed by atoms with E-state index in [9.17, 15) is 4.79 Å². The van der Waals surface area contributed by atoms with Gasteiger partial charge in [-0.15, -0.1) is 11.3 Å². The summed E-state index contributed by atoms with van der Waals surface area (Å²) in [7, 11) is 3.05. The molecule has 0 amide bonds. The van der Waals surface area contributed by atoms with Crippen LogP contribution in [-0.4, -0.2) is 25.8 Å². The third kappa shape index (κ3) is 2.49. The van der Waals surface area contributed by atoms with Crippen molar-refractivity contribution in [1.82, 2.24) is 0 Å². The van der Waals surface area contributed by atoms with Crippen LogP contribution in [0.25, 0.3) is 0 Å². The standard InChI is InChI=1S/C11H14N2O2S/c1-7-6-9(11(14)15-3)16-10(7)8(13-2)4-5-12/h4-6H,12H2,1-3H3. The summed E-state index contributed by atoms with van der Waals surface area (Å²) >= 11 is 1.35. The third-order valence-electron chi connectivity index (χ3n) is 2.03. The number of ether oxygens (including phenoxy) is 1. The number of nitrogens with two attached hydrogens (primary N) is 1. The lowest BCUT2D eigenvalue weighted by atomic mass is 10.2. The Morgan fingerprint density at radius 2 is 2.31 bits per heavy atom. The van der Waals surface area contributed by atoms with E-state index in [0.717, 1.165) is 16.2 Å². The Labute approximate surface area is 98.4 Å². The van der Waals surface area contributed by atoms with Crippen molar-refractivity contribution in [2.45, 2.75) is 6.92 Å². The van der Waals surface area contributed by atoms with Crippen molar-refractivity contribution in [1.29, 1.82) is 0 Å². The van der Waals surface area contributed by atoms with E-state index in [1.807, 2.05) is 6.92 Å². The van der Waals surface area contributed by atoms with Gasteiger partial charge in [0.1, 0.15) is 4.88 Å². The lowest BCUT2D eigenvalue weighted by Crippen LogP contribution is -1.97. The number of aryl methyl sites for hydroxylation is 1. The maximum Gasteiger partial charge on any atom is 0.348 e. The number of hydrogen-bond acceptors (Lipinski definition) is 5. The fourth-order valence-corrected chi connectivity index (χ4v) is 2.39. The number of rotatable bonds is 3. The number of thiophene rings is 1. The number of hydrogen-bond donors (Lipinski definition) is 1. The summed E-state index contributed by atoms with van der Waals surface area (Å²) in [5.41, 5.74) is 7.09. The van der Waals surface area contributed by atoms with Crippen molar-refractivity contribution in [3.8, 4) is 0 Å². The molecule has 0 atom stereocenters. The molecule has 0 radical (unpaired) electrons. The van der Waals surface area contributed by atoms with E-state index < -0.39 is 0 Å². The normalized spacial score (nSPS) is 12.1. The summed E-state index contributed by atoms with van der Waals surface area (Å²) < 4.78 is 4.67. The van der Waals surface area contributed by atoms with Crippen LogP contribution in [0.2, 0.25) is 0 Å². The smallest absolute Gasteiger partial charge is 0.348 e. The van der Waals surface area contributed by atoms with Gasteiger partial charge in [-0.05, 0) is 30.8 Å². The predicted octanol–water partition coefficient (Wildman–Crippen LogP) is 1.73. The first-order chi connectivity index (χ1) is 7.63. The van der Waals surface area contributed by atoms with Crippen LogP contribution < -0.4 is 5.73 Å². The molecule has 1 aromatic rings. The van der Waals surface area contributed by atoms with Gasteiger partial charge < -0.3 is 10.5 Å². The summed E-state index contributed by atoms with van der Waals surface area (Å²) in [6.45, 7) is 1.92. The number of carbonyl (C=O) groups excluding carboxylic acids is 1. The molecule has 0 saturated carbocycles. The molecule has 0 fully saturated rings. The Balaban J connectivity index is 3.15. The number of carbonyl (C=O) groups is 1. The zero-order chi connectivity index (χ0) is 12.1. The minimum Gasteiger partial charge on any atom is -0.465 e. The molecule has 1 rings (SSSR count). The van der Waals surface area contributed by atoms with Crippen molar-refractivity contribution in [2.24, 2.45) is 10.7 Å². The molecule has 0 aliphatic carbocycles. The van der Waals surface area contributed by atoms with Crippen LogP contribution in [0, 0.1) is 6.92 Å². The van der Waals surface area contributed by atoms with Crippen LogP contribution in [0.5, 0.6) is 0 Å². The summed E-state index contributed by atoms with van der Waals surface area (Å²) in [4.78, 5) is 17.0. The number of allylic oxidation sites excluding steroid dienone is 1. The van der Waals surface area contributed by atoms with E-state index in [4.69, 9.17) is 5.73 Å². The van der Waals surface area contributed by atoms with Crippen molar-refractivity contribution < 1.29 is 9.53 Å². The van der Waals surface area contributed by atoms with Gasteiger partial charge in [-0.2, -0.15) is 0 Å². The van der Waals surface area contributed by atoms with E-state index in [-0.39, 0.29) is 5.97 Å². The van der Waals surface area contributed by atoms with Crippen LogP contribution in [0.4, 0.5) is 0 Å². The maximum atomic E-state index is 11.4. The van der Waals surface area contributed by atoms with E-state index in [1.54, 1.807) is 19.2 Å². The number of aliphatic imine (C=N–C) groups is 1. The average molecular weight is 238 g/mol. The summed E-state index contributed by atoms with van der Waals surface area (Å²) in [6.07, 6.45) is 3.14. The molecule has 0 bridgehead atoms. The molecular formula is C11H14N2O2S. The molecule has 1 heterocycles. The monoisotopic (exact) mass is 238 g/mol. The Bertz CT molecular complexity index is 447. The van der Waals surface area contributed by atoms with Crippen LogP contribution >= 0.6 is 11.3 Å². The Kier molecular flexibility index (Phi) is 4.25. The molecule has 2 N–H and O–H groups in total. The molecule has 1 aromatic heterocycles. The highest BCUT2D eigenvalue weighted by atomic mass is 32.1. The van der Waals surface area contributed by atoms with E-state index >= 15 is 0 Å². The van der Waals surface area contributed by atoms with E-state index in [1.165, 1.54) is 24.6 Å². The second-order valence-corrected chi connectivity index (χ2v) is 4.13. The van der Waals surface area contributed by atoms with Crippen molar-refractivity contribution in [2.75, 3.05) is 14.2 Å². The maximum absolute atomic E-state index is 11.4. The van der Waals surface area contributed by atoms with Crippen LogP contribution in [0.1, 0.15) is 20.1 Å². The first-order valence-electron chi connectivity index (χ1n) is 4.68. The minimum atomic E-state index is -0.327. The highest BCUT2D eigenvalue weighted by Gasteiger charge is 2.14. The molecule has 0 spiro atoms. The zero-order valence-electron chi connectivity index (χ0n) is 9.48. The molecule has 0 aromatic carbocycles. The zero-order valence-corrected chi connectivity index (χ0v) is 10.3. The number of esters is 1. The van der Waals surface area contributed by atoms with Crippen molar-refractivity contribution >= 4 is 23.0 Å². The van der Waals surface area contributed by atoms with Gasteiger partial charge >= 0.3 is 5.97 Å². The lowest BCUT2D eigenvalue weighted by molar-refractivity contribution is 0.0606.